The van der Waals surface area contributed by atoms with Crippen molar-refractivity contribution < 1.29 is 18.3 Å². The summed E-state index contributed by atoms with van der Waals surface area (Å²) in [6.45, 7) is 3.63. The molecule has 0 aliphatic rings. The van der Waals surface area contributed by atoms with Crippen LogP contribution in [0.3, 0.4) is 0 Å². The van der Waals surface area contributed by atoms with Crippen LogP contribution in [-0.4, -0.2) is 31.3 Å². The molecule has 0 aromatic heterocycles. The van der Waals surface area contributed by atoms with Crippen LogP contribution in [0.1, 0.15) is 38.2 Å². The number of benzene rings is 1. The summed E-state index contributed by atoms with van der Waals surface area (Å²) in [4.78, 5) is 11.0. The first-order valence-electron chi connectivity index (χ1n) is 6.63. The third-order valence-electron chi connectivity index (χ3n) is 3.04. The molecule has 0 bridgehead atoms. The Hall–Kier alpha value is -1.40. The first kappa shape index (κ1) is 16.7. The van der Waals surface area contributed by atoms with E-state index >= 15 is 0 Å². The van der Waals surface area contributed by atoms with E-state index in [1.165, 1.54) is 0 Å². The van der Waals surface area contributed by atoms with Gasteiger partial charge >= 0.3 is 5.97 Å². The predicted molar refractivity (Wildman–Crippen MR) is 78.1 cm³/mol. The van der Waals surface area contributed by atoms with E-state index in [1.807, 2.05) is 44.2 Å². The van der Waals surface area contributed by atoms with Gasteiger partial charge in [0.2, 0.25) is 10.0 Å². The molecule has 0 amide bonds. The zero-order valence-corrected chi connectivity index (χ0v) is 12.6. The highest BCUT2D eigenvalue weighted by Gasteiger charge is 2.25. The zero-order chi connectivity index (χ0) is 15.2. The molecule has 0 fully saturated rings. The Morgan fingerprint density at radius 2 is 1.90 bits per heavy atom. The zero-order valence-electron chi connectivity index (χ0n) is 11.7. The van der Waals surface area contributed by atoms with Crippen molar-refractivity contribution >= 4 is 16.0 Å². The van der Waals surface area contributed by atoms with E-state index in [1.54, 1.807) is 0 Å². The van der Waals surface area contributed by atoms with Crippen LogP contribution >= 0.6 is 0 Å². The number of carboxylic acids is 1. The number of hydrogen-bond donors (Lipinski definition) is 2. The van der Waals surface area contributed by atoms with Gasteiger partial charge in [0.25, 0.3) is 0 Å². The molecule has 0 saturated carbocycles. The van der Waals surface area contributed by atoms with Crippen LogP contribution < -0.4 is 4.72 Å². The Balaban J connectivity index is 2.72. The molecule has 0 heterocycles. The van der Waals surface area contributed by atoms with Gasteiger partial charge in [0.1, 0.15) is 6.04 Å². The molecule has 6 heteroatoms. The van der Waals surface area contributed by atoms with E-state index in [0.717, 1.165) is 5.56 Å². The van der Waals surface area contributed by atoms with Gasteiger partial charge in [-0.05, 0) is 17.9 Å². The van der Waals surface area contributed by atoms with Crippen LogP contribution in [0.15, 0.2) is 30.3 Å². The molecule has 2 N–H and O–H groups in total. The molecule has 1 rings (SSSR count). The van der Waals surface area contributed by atoms with Gasteiger partial charge < -0.3 is 5.11 Å². The molecular formula is C14H21NO4S. The van der Waals surface area contributed by atoms with Crippen LogP contribution in [0.4, 0.5) is 0 Å². The van der Waals surface area contributed by atoms with E-state index in [2.05, 4.69) is 4.72 Å². The summed E-state index contributed by atoms with van der Waals surface area (Å²) in [5, 5.41) is 8.99. The molecule has 0 saturated heterocycles. The molecule has 0 aliphatic carbocycles. The highest BCUT2D eigenvalue weighted by molar-refractivity contribution is 7.89. The number of rotatable bonds is 8. The summed E-state index contributed by atoms with van der Waals surface area (Å²) in [6.07, 6.45) is 0.891. The second-order valence-electron chi connectivity index (χ2n) is 4.89. The van der Waals surface area contributed by atoms with E-state index in [9.17, 15) is 13.2 Å². The van der Waals surface area contributed by atoms with Gasteiger partial charge in [-0.3, -0.25) is 4.79 Å². The fraction of sp³-hybridized carbons (Fsp3) is 0.500. The van der Waals surface area contributed by atoms with Gasteiger partial charge in [0.05, 0.1) is 5.75 Å². The van der Waals surface area contributed by atoms with Crippen molar-refractivity contribution in [2.24, 2.45) is 0 Å². The summed E-state index contributed by atoms with van der Waals surface area (Å²) < 4.78 is 26.3. The lowest BCUT2D eigenvalue weighted by atomic mass is 10.0. The Bertz CT molecular complexity index is 527. The van der Waals surface area contributed by atoms with Gasteiger partial charge in [-0.15, -0.1) is 0 Å². The lowest BCUT2D eigenvalue weighted by molar-refractivity contribution is -0.139. The molecule has 1 unspecified atom stereocenters. The van der Waals surface area contributed by atoms with Gasteiger partial charge in [-0.1, -0.05) is 50.6 Å². The summed E-state index contributed by atoms with van der Waals surface area (Å²) in [5.41, 5.74) is 0.917. The van der Waals surface area contributed by atoms with Crippen molar-refractivity contribution in [3.8, 4) is 0 Å². The number of carbonyl (C=O) groups is 1. The maximum absolute atomic E-state index is 12.0. The topological polar surface area (TPSA) is 83.5 Å². The number of aliphatic carboxylic acids is 1. The third kappa shape index (κ3) is 5.30. The van der Waals surface area contributed by atoms with E-state index in [-0.39, 0.29) is 18.1 Å². The number of carboxylic acid groups (broad SMARTS) is 1. The normalized spacial score (nSPS) is 14.7. The molecule has 0 radical (unpaired) electrons. The molecule has 1 aromatic rings. The van der Waals surface area contributed by atoms with E-state index in [0.29, 0.717) is 6.42 Å². The Morgan fingerprint density at radius 1 is 1.30 bits per heavy atom. The molecule has 112 valence electrons. The maximum atomic E-state index is 12.0. The molecule has 0 spiro atoms. The first-order chi connectivity index (χ1) is 9.35. The number of sulfonamides is 1. The Kier molecular flexibility index (Phi) is 6.16. The minimum absolute atomic E-state index is 0.121. The summed E-state index contributed by atoms with van der Waals surface area (Å²) in [6, 6.07) is 8.24. The lowest BCUT2D eigenvalue weighted by Crippen LogP contribution is -2.42. The van der Waals surface area contributed by atoms with Crippen molar-refractivity contribution in [1.82, 2.24) is 4.72 Å². The average molecular weight is 299 g/mol. The largest absolute Gasteiger partial charge is 0.480 e. The minimum atomic E-state index is -3.63. The van der Waals surface area contributed by atoms with Gasteiger partial charge in [-0.25, -0.2) is 13.1 Å². The predicted octanol–water partition coefficient (Wildman–Crippen LogP) is 1.96. The van der Waals surface area contributed by atoms with Gasteiger partial charge in [0, 0.05) is 0 Å². The second-order valence-corrected chi connectivity index (χ2v) is 6.69. The quantitative estimate of drug-likeness (QED) is 0.768. The molecule has 20 heavy (non-hydrogen) atoms. The average Bonchev–Trinajstić information content (AvgIpc) is 2.38. The van der Waals surface area contributed by atoms with Crippen LogP contribution in [0.2, 0.25) is 0 Å². The van der Waals surface area contributed by atoms with Crippen LogP contribution in [0.25, 0.3) is 0 Å². The molecule has 2 atom stereocenters. The molecule has 5 nitrogen and oxygen atoms in total. The van der Waals surface area contributed by atoms with E-state index < -0.39 is 22.0 Å². The highest BCUT2D eigenvalue weighted by atomic mass is 32.2. The molecule has 0 aliphatic heterocycles. The van der Waals surface area contributed by atoms with Crippen LogP contribution in [0, 0.1) is 0 Å². The van der Waals surface area contributed by atoms with Crippen molar-refractivity contribution in [1.29, 1.82) is 0 Å². The molecule has 1 aromatic carbocycles. The van der Waals surface area contributed by atoms with Crippen molar-refractivity contribution in [3.63, 3.8) is 0 Å². The summed E-state index contributed by atoms with van der Waals surface area (Å²) in [7, 11) is -3.63. The standard InChI is InChI=1S/C14H21NO4S/c1-3-7-13(14(16)17)15-20(18,19)10-11(2)12-8-5-4-6-9-12/h4-6,8-9,11,13,15H,3,7,10H2,1-2H3,(H,16,17)/t11?,13-/m0/s1. The molecular weight excluding hydrogens is 278 g/mol. The van der Waals surface area contributed by atoms with Gasteiger partial charge in [0.15, 0.2) is 0 Å². The first-order valence-corrected chi connectivity index (χ1v) is 8.28. The van der Waals surface area contributed by atoms with Crippen molar-refractivity contribution in [2.45, 2.75) is 38.6 Å². The van der Waals surface area contributed by atoms with Crippen LogP contribution in [-0.2, 0) is 14.8 Å². The minimum Gasteiger partial charge on any atom is -0.480 e. The Labute approximate surface area is 120 Å². The second kappa shape index (κ2) is 7.40. The van der Waals surface area contributed by atoms with Gasteiger partial charge in [-0.2, -0.15) is 0 Å². The van der Waals surface area contributed by atoms with Crippen molar-refractivity contribution in [3.05, 3.63) is 35.9 Å². The number of nitrogens with one attached hydrogen (secondary N) is 1. The fourth-order valence-electron chi connectivity index (χ4n) is 1.99. The summed E-state index contributed by atoms with van der Waals surface area (Å²) >= 11 is 0. The maximum Gasteiger partial charge on any atom is 0.321 e. The monoisotopic (exact) mass is 299 g/mol. The Morgan fingerprint density at radius 3 is 2.40 bits per heavy atom. The van der Waals surface area contributed by atoms with E-state index in [4.69, 9.17) is 5.11 Å². The smallest absolute Gasteiger partial charge is 0.321 e. The summed E-state index contributed by atoms with van der Waals surface area (Å²) in [5.74, 6) is -1.45. The lowest BCUT2D eigenvalue weighted by Gasteiger charge is -2.17. The number of hydrogen-bond acceptors (Lipinski definition) is 3. The van der Waals surface area contributed by atoms with Crippen molar-refractivity contribution in [2.75, 3.05) is 5.75 Å². The van der Waals surface area contributed by atoms with Crippen LogP contribution in [0.5, 0.6) is 0 Å². The SMILES string of the molecule is CCC[C@H](NS(=O)(=O)CC(C)c1ccccc1)C(=O)O. The fourth-order valence-corrected chi connectivity index (χ4v) is 3.59. The third-order valence-corrected chi connectivity index (χ3v) is 4.62. The highest BCUT2D eigenvalue weighted by Crippen LogP contribution is 2.16.